The summed E-state index contributed by atoms with van der Waals surface area (Å²) in [4.78, 5) is 17.9. The van der Waals surface area contributed by atoms with Crippen LogP contribution in [0.4, 0.5) is 0 Å². The number of hydrogen-bond acceptors (Lipinski definition) is 4. The molecule has 0 aromatic heterocycles. The molecule has 0 unspecified atom stereocenters. The summed E-state index contributed by atoms with van der Waals surface area (Å²) in [6.45, 7) is 7.91. The predicted molar refractivity (Wildman–Crippen MR) is 130 cm³/mol. The van der Waals surface area contributed by atoms with E-state index in [1.165, 1.54) is 37.2 Å². The van der Waals surface area contributed by atoms with Gasteiger partial charge >= 0.3 is 0 Å². The standard InChI is InChI=1S/C28H47NO4/c1-19(6-11-26(32)29(4)33-17-5-16-30)23-9-10-24-22-8-7-20-18-21(31)12-14-27(20,2)25(22)13-15-28(23,24)3/h7,19,21-25,30-31H,5-6,8-18H2,1-4H3/t19-,21+,22+,23-,24+,25+,27+,28-/m1/s1. The zero-order valence-corrected chi connectivity index (χ0v) is 21.4. The maximum atomic E-state index is 12.5. The summed E-state index contributed by atoms with van der Waals surface area (Å²) in [5.41, 5.74) is 2.25. The van der Waals surface area contributed by atoms with Crippen molar-refractivity contribution >= 4 is 5.91 Å². The molecule has 4 aliphatic rings. The smallest absolute Gasteiger partial charge is 0.245 e. The molecule has 4 aliphatic carbocycles. The van der Waals surface area contributed by atoms with Crippen LogP contribution in [0.2, 0.25) is 0 Å². The third-order valence-electron chi connectivity index (χ3n) is 10.6. The largest absolute Gasteiger partial charge is 0.396 e. The summed E-state index contributed by atoms with van der Waals surface area (Å²) in [5.74, 6) is 3.65. The van der Waals surface area contributed by atoms with Crippen LogP contribution in [0, 0.1) is 40.4 Å². The van der Waals surface area contributed by atoms with E-state index < -0.39 is 0 Å². The van der Waals surface area contributed by atoms with E-state index in [1.807, 2.05) is 0 Å². The molecule has 3 fully saturated rings. The van der Waals surface area contributed by atoms with Crippen LogP contribution in [0.15, 0.2) is 11.6 Å². The first-order valence-electron chi connectivity index (χ1n) is 13.6. The number of rotatable bonds is 8. The fourth-order valence-electron chi connectivity index (χ4n) is 8.66. The van der Waals surface area contributed by atoms with Gasteiger partial charge in [0.2, 0.25) is 5.91 Å². The van der Waals surface area contributed by atoms with Crippen LogP contribution in [0.25, 0.3) is 0 Å². The molecule has 0 bridgehead atoms. The molecule has 0 heterocycles. The van der Waals surface area contributed by atoms with Gasteiger partial charge in [-0.1, -0.05) is 32.4 Å². The number of hydrogen-bond donors (Lipinski definition) is 2. The Labute approximate surface area is 200 Å². The van der Waals surface area contributed by atoms with E-state index in [0.29, 0.717) is 42.1 Å². The molecule has 5 heteroatoms. The zero-order chi connectivity index (χ0) is 23.8. The van der Waals surface area contributed by atoms with Gasteiger partial charge in [-0.15, -0.1) is 0 Å². The van der Waals surface area contributed by atoms with E-state index >= 15 is 0 Å². The van der Waals surface area contributed by atoms with Crippen molar-refractivity contribution in [1.82, 2.24) is 5.06 Å². The molecule has 0 radical (unpaired) electrons. The minimum absolute atomic E-state index is 0.0422. The second-order valence-corrected chi connectivity index (χ2v) is 12.2. The maximum Gasteiger partial charge on any atom is 0.245 e. The van der Waals surface area contributed by atoms with E-state index in [2.05, 4.69) is 26.8 Å². The van der Waals surface area contributed by atoms with E-state index in [1.54, 1.807) is 12.6 Å². The lowest BCUT2D eigenvalue weighted by molar-refractivity contribution is -0.179. The van der Waals surface area contributed by atoms with E-state index in [9.17, 15) is 9.90 Å². The fraction of sp³-hybridized carbons (Fsp3) is 0.893. The number of hydroxylamine groups is 2. The fourth-order valence-corrected chi connectivity index (χ4v) is 8.66. The van der Waals surface area contributed by atoms with Crippen molar-refractivity contribution in [3.8, 4) is 0 Å². The van der Waals surface area contributed by atoms with Crippen molar-refractivity contribution in [2.75, 3.05) is 20.3 Å². The van der Waals surface area contributed by atoms with Gasteiger partial charge < -0.3 is 10.2 Å². The summed E-state index contributed by atoms with van der Waals surface area (Å²) >= 11 is 0. The van der Waals surface area contributed by atoms with Crippen LogP contribution in [-0.4, -0.2) is 47.5 Å². The number of carbonyl (C=O) groups is 1. The van der Waals surface area contributed by atoms with Crippen LogP contribution in [0.3, 0.4) is 0 Å². The molecule has 0 aromatic carbocycles. The number of nitrogens with zero attached hydrogens (tertiary/aromatic N) is 1. The Morgan fingerprint density at radius 3 is 2.76 bits per heavy atom. The van der Waals surface area contributed by atoms with Crippen molar-refractivity contribution in [1.29, 1.82) is 0 Å². The van der Waals surface area contributed by atoms with Crippen molar-refractivity contribution in [3.05, 3.63) is 11.6 Å². The minimum atomic E-state index is -0.131. The Bertz CT molecular complexity index is 737. The lowest BCUT2D eigenvalue weighted by Gasteiger charge is -2.58. The summed E-state index contributed by atoms with van der Waals surface area (Å²) in [6, 6.07) is 0. The molecule has 188 valence electrons. The molecule has 8 atom stereocenters. The summed E-state index contributed by atoms with van der Waals surface area (Å²) < 4.78 is 0. The van der Waals surface area contributed by atoms with E-state index in [0.717, 1.165) is 43.4 Å². The highest BCUT2D eigenvalue weighted by Crippen LogP contribution is 2.67. The Morgan fingerprint density at radius 1 is 1.21 bits per heavy atom. The maximum absolute atomic E-state index is 12.5. The quantitative estimate of drug-likeness (QED) is 0.299. The predicted octanol–water partition coefficient (Wildman–Crippen LogP) is 5.12. The average Bonchev–Trinajstić information content (AvgIpc) is 3.15. The van der Waals surface area contributed by atoms with Crippen molar-refractivity contribution < 1.29 is 19.8 Å². The molecule has 0 aliphatic heterocycles. The van der Waals surface area contributed by atoms with Crippen LogP contribution < -0.4 is 0 Å². The molecule has 33 heavy (non-hydrogen) atoms. The summed E-state index contributed by atoms with van der Waals surface area (Å²) in [6.07, 6.45) is 13.9. The number of allylic oxidation sites excluding steroid dienone is 1. The van der Waals surface area contributed by atoms with Gasteiger partial charge in [0.25, 0.3) is 0 Å². The molecule has 0 spiro atoms. The molecular formula is C28H47NO4. The molecule has 0 saturated heterocycles. The Balaban J connectivity index is 1.38. The second-order valence-electron chi connectivity index (χ2n) is 12.2. The molecule has 2 N–H and O–H groups in total. The van der Waals surface area contributed by atoms with Crippen LogP contribution in [-0.2, 0) is 9.63 Å². The minimum Gasteiger partial charge on any atom is -0.396 e. The first kappa shape index (κ1) is 25.2. The molecule has 3 saturated carbocycles. The van der Waals surface area contributed by atoms with Crippen molar-refractivity contribution in [2.24, 2.45) is 40.4 Å². The topological polar surface area (TPSA) is 70.0 Å². The molecule has 5 nitrogen and oxygen atoms in total. The first-order chi connectivity index (χ1) is 15.7. The Morgan fingerprint density at radius 2 is 2.00 bits per heavy atom. The van der Waals surface area contributed by atoms with Crippen LogP contribution in [0.5, 0.6) is 0 Å². The summed E-state index contributed by atoms with van der Waals surface area (Å²) in [7, 11) is 1.69. The van der Waals surface area contributed by atoms with Crippen LogP contribution >= 0.6 is 0 Å². The van der Waals surface area contributed by atoms with Crippen molar-refractivity contribution in [2.45, 2.75) is 97.5 Å². The second kappa shape index (κ2) is 9.99. The lowest BCUT2D eigenvalue weighted by atomic mass is 9.47. The van der Waals surface area contributed by atoms with Gasteiger partial charge in [-0.05, 0) is 105 Å². The highest BCUT2D eigenvalue weighted by molar-refractivity contribution is 5.74. The third-order valence-corrected chi connectivity index (χ3v) is 10.6. The zero-order valence-electron chi connectivity index (χ0n) is 21.4. The average molecular weight is 462 g/mol. The SMILES string of the molecule is C[C@H](CCC(=O)N(C)OCCCO)[C@H]1CC[C@H]2[C@@H]3CC=C4C[C@@H](O)CC[C@]4(C)[C@H]3CC[C@]12C. The number of aliphatic hydroxyl groups is 2. The van der Waals surface area contributed by atoms with Crippen LogP contribution in [0.1, 0.15) is 91.4 Å². The van der Waals surface area contributed by atoms with Gasteiger partial charge in [-0.2, -0.15) is 0 Å². The molecule has 4 rings (SSSR count). The van der Waals surface area contributed by atoms with Gasteiger partial charge in [-0.3, -0.25) is 9.63 Å². The molecular weight excluding hydrogens is 414 g/mol. The highest BCUT2D eigenvalue weighted by atomic mass is 16.7. The molecule has 0 aromatic rings. The number of amides is 1. The van der Waals surface area contributed by atoms with Gasteiger partial charge in [-0.25, -0.2) is 5.06 Å². The highest BCUT2D eigenvalue weighted by Gasteiger charge is 2.59. The Kier molecular flexibility index (Phi) is 7.62. The third kappa shape index (κ3) is 4.67. The van der Waals surface area contributed by atoms with Crippen molar-refractivity contribution in [3.63, 3.8) is 0 Å². The van der Waals surface area contributed by atoms with Gasteiger partial charge in [0.15, 0.2) is 0 Å². The first-order valence-corrected chi connectivity index (χ1v) is 13.6. The number of aliphatic hydroxyl groups excluding tert-OH is 2. The van der Waals surface area contributed by atoms with Gasteiger partial charge in [0.05, 0.1) is 12.7 Å². The van der Waals surface area contributed by atoms with E-state index in [-0.39, 0.29) is 18.6 Å². The normalized spacial score (nSPS) is 40.9. The lowest BCUT2D eigenvalue weighted by Crippen LogP contribution is -2.50. The van der Waals surface area contributed by atoms with Gasteiger partial charge in [0, 0.05) is 20.1 Å². The molecule has 1 amide bonds. The monoisotopic (exact) mass is 461 g/mol. The number of fused-ring (bicyclic) bond motifs is 5. The summed E-state index contributed by atoms with van der Waals surface area (Å²) in [5, 5.41) is 20.5. The Hall–Kier alpha value is -0.910. The number of carbonyl (C=O) groups excluding carboxylic acids is 1. The van der Waals surface area contributed by atoms with Gasteiger partial charge in [0.1, 0.15) is 0 Å². The van der Waals surface area contributed by atoms with E-state index in [4.69, 9.17) is 9.94 Å².